The van der Waals surface area contributed by atoms with Crippen molar-refractivity contribution >= 4 is 17.5 Å². The van der Waals surface area contributed by atoms with Crippen LogP contribution in [0.4, 0.5) is 5.69 Å². The van der Waals surface area contributed by atoms with Crippen LogP contribution in [0.3, 0.4) is 0 Å². The maximum absolute atomic E-state index is 12.9. The first-order valence-electron chi connectivity index (χ1n) is 10.1. The minimum absolute atomic E-state index is 0.0691. The van der Waals surface area contributed by atoms with Crippen LogP contribution < -0.4 is 15.1 Å². The fourth-order valence-electron chi connectivity index (χ4n) is 3.74. The lowest BCUT2D eigenvalue weighted by atomic mass is 10.2. The zero-order valence-corrected chi connectivity index (χ0v) is 17.4. The minimum Gasteiger partial charge on any atom is -0.481 e. The van der Waals surface area contributed by atoms with Crippen LogP contribution in [0, 0.1) is 13.8 Å². The molecule has 2 heterocycles. The Balaban J connectivity index is 1.40. The van der Waals surface area contributed by atoms with Gasteiger partial charge in [-0.2, -0.15) is 0 Å². The molecule has 1 N–H and O–H groups in total. The van der Waals surface area contributed by atoms with Gasteiger partial charge in [-0.3, -0.25) is 19.7 Å². The maximum Gasteiger partial charge on any atom is 0.270 e. The first-order chi connectivity index (χ1) is 14.4. The van der Waals surface area contributed by atoms with Crippen molar-refractivity contribution in [3.63, 3.8) is 0 Å². The number of carbonyl (C=O) groups is 2. The molecule has 30 heavy (non-hydrogen) atoms. The van der Waals surface area contributed by atoms with Crippen molar-refractivity contribution in [2.24, 2.45) is 0 Å². The summed E-state index contributed by atoms with van der Waals surface area (Å²) in [6.45, 7) is 6.29. The monoisotopic (exact) mass is 403 g/mol. The van der Waals surface area contributed by atoms with Gasteiger partial charge in [0, 0.05) is 29.2 Å². The van der Waals surface area contributed by atoms with Crippen LogP contribution in [0.25, 0.3) is 0 Å². The highest BCUT2D eigenvalue weighted by Gasteiger charge is 2.28. The Hall–Kier alpha value is -3.54. The highest BCUT2D eigenvalue weighted by Crippen LogP contribution is 2.28. The molecule has 154 valence electrons. The first kappa shape index (κ1) is 19.8. The predicted octanol–water partition coefficient (Wildman–Crippen LogP) is 3.85. The van der Waals surface area contributed by atoms with E-state index in [-0.39, 0.29) is 11.8 Å². The topological polar surface area (TPSA) is 63.6 Å². The second-order valence-corrected chi connectivity index (χ2v) is 7.55. The third-order valence-electron chi connectivity index (χ3n) is 5.41. The van der Waals surface area contributed by atoms with Gasteiger partial charge in [0.05, 0.1) is 0 Å². The molecule has 1 aliphatic heterocycles. The predicted molar refractivity (Wildman–Crippen MR) is 117 cm³/mol. The van der Waals surface area contributed by atoms with Crippen LogP contribution in [-0.4, -0.2) is 29.1 Å². The number of anilines is 1. The second-order valence-electron chi connectivity index (χ2n) is 7.55. The van der Waals surface area contributed by atoms with E-state index in [0.717, 1.165) is 23.5 Å². The Morgan fingerprint density at radius 1 is 0.967 bits per heavy atom. The summed E-state index contributed by atoms with van der Waals surface area (Å²) in [7, 11) is 0. The van der Waals surface area contributed by atoms with E-state index in [1.165, 1.54) is 5.56 Å². The molecule has 6 nitrogen and oxygen atoms in total. The van der Waals surface area contributed by atoms with Gasteiger partial charge in [0.1, 0.15) is 5.75 Å². The van der Waals surface area contributed by atoms with Gasteiger partial charge < -0.3 is 9.64 Å². The number of aryl methyl sites for hydroxylation is 2. The Bertz CT molecular complexity index is 1070. The summed E-state index contributed by atoms with van der Waals surface area (Å²) in [5.74, 6) is 0.273. The number of amides is 2. The molecule has 2 amide bonds. The number of fused-ring (bicyclic) bond motifs is 1. The van der Waals surface area contributed by atoms with Crippen LogP contribution in [-0.2, 0) is 11.2 Å². The number of hydrogen-bond donors (Lipinski definition) is 1. The quantitative estimate of drug-likeness (QED) is 0.704. The van der Waals surface area contributed by atoms with Crippen LogP contribution in [0.5, 0.6) is 5.75 Å². The molecule has 0 saturated carbocycles. The van der Waals surface area contributed by atoms with Gasteiger partial charge in [-0.25, -0.2) is 0 Å². The lowest BCUT2D eigenvalue weighted by Gasteiger charge is -2.22. The average molecular weight is 403 g/mol. The van der Waals surface area contributed by atoms with Crippen LogP contribution >= 0.6 is 0 Å². The van der Waals surface area contributed by atoms with E-state index in [9.17, 15) is 9.59 Å². The molecular weight excluding hydrogens is 378 g/mol. The van der Waals surface area contributed by atoms with Gasteiger partial charge in [-0.1, -0.05) is 18.2 Å². The largest absolute Gasteiger partial charge is 0.481 e. The fourth-order valence-corrected chi connectivity index (χ4v) is 3.74. The van der Waals surface area contributed by atoms with Crippen LogP contribution in [0.2, 0.25) is 0 Å². The molecule has 1 atom stereocenters. The fraction of sp³-hybridized carbons (Fsp3) is 0.250. The standard InChI is InChI=1S/C24H25N3O3/c1-16-8-9-17(2)27(16)25-23(28)20-10-12-21(13-11-20)30-18(3)24(29)26-15-14-19-6-4-5-7-22(19)26/h4-13,18H,14-15H2,1-3H3,(H,25,28)/t18-/m1/s1. The average Bonchev–Trinajstić information content (AvgIpc) is 3.32. The van der Waals surface area contributed by atoms with Gasteiger partial charge in [0.25, 0.3) is 11.8 Å². The summed E-state index contributed by atoms with van der Waals surface area (Å²) in [5, 5.41) is 0. The van der Waals surface area contributed by atoms with Gasteiger partial charge >= 0.3 is 0 Å². The van der Waals surface area contributed by atoms with E-state index in [1.54, 1.807) is 40.8 Å². The number of aromatic nitrogens is 1. The normalized spacial score (nSPS) is 13.6. The lowest BCUT2D eigenvalue weighted by molar-refractivity contribution is -0.124. The number of rotatable bonds is 5. The highest BCUT2D eigenvalue weighted by molar-refractivity contribution is 6.00. The molecule has 1 aromatic heterocycles. The molecule has 0 bridgehead atoms. The summed E-state index contributed by atoms with van der Waals surface area (Å²) in [6.07, 6.45) is 0.236. The number of carbonyl (C=O) groups excluding carboxylic acids is 2. The van der Waals surface area contributed by atoms with E-state index < -0.39 is 6.10 Å². The Labute approximate surface area is 176 Å². The second kappa shape index (κ2) is 8.06. The number of nitrogens with zero attached hydrogens (tertiary/aromatic N) is 2. The number of ether oxygens (including phenoxy) is 1. The Kier molecular flexibility index (Phi) is 5.31. The van der Waals surface area contributed by atoms with Crippen molar-refractivity contribution in [2.75, 3.05) is 16.9 Å². The number of nitrogens with one attached hydrogen (secondary N) is 1. The van der Waals surface area contributed by atoms with Crippen molar-refractivity contribution < 1.29 is 14.3 Å². The summed E-state index contributed by atoms with van der Waals surface area (Å²) in [6, 6.07) is 18.7. The maximum atomic E-state index is 12.9. The molecule has 2 aromatic carbocycles. The molecule has 4 rings (SSSR count). The number of hydrogen-bond acceptors (Lipinski definition) is 3. The zero-order valence-electron chi connectivity index (χ0n) is 17.4. The first-order valence-corrected chi connectivity index (χ1v) is 10.1. The third kappa shape index (κ3) is 3.81. The van der Waals surface area contributed by atoms with E-state index in [4.69, 9.17) is 4.74 Å². The van der Waals surface area contributed by atoms with Gasteiger partial charge in [-0.15, -0.1) is 0 Å². The van der Waals surface area contributed by atoms with Crippen LogP contribution in [0.1, 0.15) is 34.2 Å². The lowest BCUT2D eigenvalue weighted by Crippen LogP contribution is -2.39. The summed E-state index contributed by atoms with van der Waals surface area (Å²) >= 11 is 0. The molecule has 6 heteroatoms. The van der Waals surface area contributed by atoms with Crippen molar-refractivity contribution in [3.05, 3.63) is 83.2 Å². The van der Waals surface area contributed by atoms with Gasteiger partial charge in [0.2, 0.25) is 0 Å². The third-order valence-corrected chi connectivity index (χ3v) is 5.41. The molecule has 0 fully saturated rings. The molecular formula is C24H25N3O3. The summed E-state index contributed by atoms with van der Waals surface area (Å²) in [5.41, 5.74) is 7.44. The van der Waals surface area contributed by atoms with Crippen molar-refractivity contribution in [1.82, 2.24) is 4.68 Å². The van der Waals surface area contributed by atoms with E-state index in [2.05, 4.69) is 11.5 Å². The molecule has 0 unspecified atom stereocenters. The zero-order chi connectivity index (χ0) is 21.3. The van der Waals surface area contributed by atoms with E-state index in [0.29, 0.717) is 17.9 Å². The minimum atomic E-state index is -0.624. The smallest absolute Gasteiger partial charge is 0.270 e. The van der Waals surface area contributed by atoms with Crippen molar-refractivity contribution in [2.45, 2.75) is 33.3 Å². The SMILES string of the molecule is Cc1ccc(C)n1NC(=O)c1ccc(O[C@H](C)C(=O)N2CCc3ccccc32)cc1. The molecule has 0 aliphatic carbocycles. The van der Waals surface area contributed by atoms with E-state index in [1.807, 2.05) is 44.2 Å². The molecule has 0 saturated heterocycles. The summed E-state index contributed by atoms with van der Waals surface area (Å²) < 4.78 is 7.61. The van der Waals surface area contributed by atoms with Gasteiger partial charge in [-0.05, 0) is 75.2 Å². The molecule has 3 aromatic rings. The van der Waals surface area contributed by atoms with Crippen molar-refractivity contribution in [3.8, 4) is 5.75 Å². The molecule has 0 spiro atoms. The van der Waals surface area contributed by atoms with E-state index >= 15 is 0 Å². The Morgan fingerprint density at radius 2 is 1.63 bits per heavy atom. The number of para-hydroxylation sites is 1. The van der Waals surface area contributed by atoms with Crippen LogP contribution in [0.15, 0.2) is 60.7 Å². The molecule has 0 radical (unpaired) electrons. The van der Waals surface area contributed by atoms with Crippen molar-refractivity contribution in [1.29, 1.82) is 0 Å². The molecule has 1 aliphatic rings. The Morgan fingerprint density at radius 3 is 2.33 bits per heavy atom. The number of benzene rings is 2. The summed E-state index contributed by atoms with van der Waals surface area (Å²) in [4.78, 5) is 27.2. The highest BCUT2D eigenvalue weighted by atomic mass is 16.5. The van der Waals surface area contributed by atoms with Gasteiger partial charge in [0.15, 0.2) is 6.10 Å².